The van der Waals surface area contributed by atoms with Crippen LogP contribution in [0.1, 0.15) is 43.7 Å². The van der Waals surface area contributed by atoms with E-state index in [0.29, 0.717) is 18.5 Å². The topological polar surface area (TPSA) is 56.9 Å². The Hall–Kier alpha value is -1.59. The van der Waals surface area contributed by atoms with Gasteiger partial charge in [-0.05, 0) is 63.0 Å². The molecule has 0 aromatic heterocycles. The predicted molar refractivity (Wildman–Crippen MR) is 105 cm³/mol. The summed E-state index contributed by atoms with van der Waals surface area (Å²) in [4.78, 5) is 9.53. The fourth-order valence-electron chi connectivity index (χ4n) is 3.95. The van der Waals surface area contributed by atoms with E-state index in [9.17, 15) is 0 Å². The first kappa shape index (κ1) is 18.2. The highest BCUT2D eigenvalue weighted by atomic mass is 15.2. The maximum Gasteiger partial charge on any atom is 0.188 e. The summed E-state index contributed by atoms with van der Waals surface area (Å²) in [6.07, 6.45) is 5.24. The van der Waals surface area contributed by atoms with Crippen molar-refractivity contribution in [2.24, 2.45) is 10.7 Å². The van der Waals surface area contributed by atoms with Crippen LogP contribution in [0.5, 0.6) is 0 Å². The Kier molecular flexibility index (Phi) is 6.70. The molecule has 2 saturated heterocycles. The first-order chi connectivity index (χ1) is 12.2. The minimum Gasteiger partial charge on any atom is -0.370 e. The van der Waals surface area contributed by atoms with Gasteiger partial charge in [-0.3, -0.25) is 9.80 Å². The molecule has 0 amide bonds. The molecular formula is C20H33N5. The maximum atomic E-state index is 6.04. The Morgan fingerprint density at radius 1 is 1.12 bits per heavy atom. The van der Waals surface area contributed by atoms with Gasteiger partial charge in [-0.25, -0.2) is 4.99 Å². The van der Waals surface area contributed by atoms with Crippen molar-refractivity contribution in [3.8, 4) is 0 Å². The van der Waals surface area contributed by atoms with Crippen molar-refractivity contribution in [1.82, 2.24) is 15.1 Å². The first-order valence-electron chi connectivity index (χ1n) is 9.82. The summed E-state index contributed by atoms with van der Waals surface area (Å²) in [6.45, 7) is 9.65. The molecule has 2 aliphatic heterocycles. The van der Waals surface area contributed by atoms with E-state index in [1.807, 2.05) is 0 Å². The molecule has 0 bridgehead atoms. The highest BCUT2D eigenvalue weighted by molar-refractivity contribution is 5.77. The third-order valence-electron chi connectivity index (χ3n) is 5.48. The molecule has 0 aliphatic carbocycles. The van der Waals surface area contributed by atoms with Crippen LogP contribution >= 0.6 is 0 Å². The number of hydrogen-bond donors (Lipinski definition) is 2. The van der Waals surface area contributed by atoms with Gasteiger partial charge >= 0.3 is 0 Å². The van der Waals surface area contributed by atoms with E-state index >= 15 is 0 Å². The lowest BCUT2D eigenvalue weighted by atomic mass is 10.1. The largest absolute Gasteiger partial charge is 0.370 e. The van der Waals surface area contributed by atoms with Crippen LogP contribution in [0.4, 0.5) is 0 Å². The van der Waals surface area contributed by atoms with Crippen molar-refractivity contribution in [3.63, 3.8) is 0 Å². The Labute approximate surface area is 152 Å². The van der Waals surface area contributed by atoms with Crippen LogP contribution in [-0.2, 0) is 13.1 Å². The van der Waals surface area contributed by atoms with Crippen molar-refractivity contribution in [2.45, 2.75) is 51.7 Å². The van der Waals surface area contributed by atoms with Gasteiger partial charge in [-0.1, -0.05) is 31.2 Å². The predicted octanol–water partition coefficient (Wildman–Crippen LogP) is 2.17. The van der Waals surface area contributed by atoms with E-state index < -0.39 is 0 Å². The van der Waals surface area contributed by atoms with Crippen molar-refractivity contribution in [1.29, 1.82) is 0 Å². The Bertz CT molecular complexity index is 548. The fourth-order valence-corrected chi connectivity index (χ4v) is 3.95. The number of nitrogens with one attached hydrogen (secondary N) is 1. The number of likely N-dealkylation sites (N-methyl/N-ethyl adjacent to an activating group) is 1. The molecule has 2 aliphatic rings. The summed E-state index contributed by atoms with van der Waals surface area (Å²) in [5.74, 6) is 0.559. The zero-order valence-electron chi connectivity index (χ0n) is 15.6. The molecular weight excluding hydrogens is 310 g/mol. The lowest BCUT2D eigenvalue weighted by Crippen LogP contribution is -2.42. The second-order valence-electron chi connectivity index (χ2n) is 7.31. The fraction of sp³-hybridized carbons (Fsp3) is 0.650. The molecule has 2 heterocycles. The van der Waals surface area contributed by atoms with Gasteiger partial charge < -0.3 is 11.1 Å². The van der Waals surface area contributed by atoms with Gasteiger partial charge in [0.25, 0.3) is 0 Å². The molecule has 0 saturated carbocycles. The van der Waals surface area contributed by atoms with Crippen LogP contribution < -0.4 is 11.1 Å². The maximum absolute atomic E-state index is 6.04. The highest BCUT2D eigenvalue weighted by Gasteiger charge is 2.22. The zero-order valence-corrected chi connectivity index (χ0v) is 15.6. The molecule has 0 spiro atoms. The van der Waals surface area contributed by atoms with E-state index in [1.165, 1.54) is 56.4 Å². The number of nitrogens with zero attached hydrogens (tertiary/aromatic N) is 3. The van der Waals surface area contributed by atoms with E-state index in [4.69, 9.17) is 5.73 Å². The SMILES string of the molecule is CCN1CCCC1CNC(N)=NCc1ccc(CN2CCCC2)cc1. The number of rotatable bonds is 7. The molecule has 1 atom stereocenters. The Morgan fingerprint density at radius 3 is 2.56 bits per heavy atom. The Morgan fingerprint density at radius 2 is 1.84 bits per heavy atom. The zero-order chi connectivity index (χ0) is 17.5. The minimum atomic E-state index is 0.559. The average Bonchev–Trinajstić information content (AvgIpc) is 3.30. The van der Waals surface area contributed by atoms with Crippen LogP contribution in [0, 0.1) is 0 Å². The third-order valence-corrected chi connectivity index (χ3v) is 5.48. The molecule has 3 N–H and O–H groups in total. The van der Waals surface area contributed by atoms with E-state index in [1.54, 1.807) is 0 Å². The second-order valence-corrected chi connectivity index (χ2v) is 7.31. The number of likely N-dealkylation sites (tertiary alicyclic amines) is 2. The lowest BCUT2D eigenvalue weighted by Gasteiger charge is -2.23. The van der Waals surface area contributed by atoms with Gasteiger partial charge in [-0.2, -0.15) is 0 Å². The molecule has 5 heteroatoms. The van der Waals surface area contributed by atoms with E-state index in [2.05, 4.69) is 51.3 Å². The molecule has 0 radical (unpaired) electrons. The van der Waals surface area contributed by atoms with Gasteiger partial charge in [0.15, 0.2) is 5.96 Å². The molecule has 25 heavy (non-hydrogen) atoms. The smallest absolute Gasteiger partial charge is 0.188 e. The average molecular weight is 344 g/mol. The summed E-state index contributed by atoms with van der Waals surface area (Å²) in [5.41, 5.74) is 8.64. The second kappa shape index (κ2) is 9.20. The molecule has 1 unspecified atom stereocenters. The molecule has 138 valence electrons. The monoisotopic (exact) mass is 343 g/mol. The van der Waals surface area contributed by atoms with Crippen molar-refractivity contribution < 1.29 is 0 Å². The van der Waals surface area contributed by atoms with Gasteiger partial charge in [-0.15, -0.1) is 0 Å². The molecule has 3 rings (SSSR count). The molecule has 2 fully saturated rings. The van der Waals surface area contributed by atoms with Crippen LogP contribution in [0.3, 0.4) is 0 Å². The number of aliphatic imine (C=N–C) groups is 1. The van der Waals surface area contributed by atoms with E-state index in [-0.39, 0.29) is 0 Å². The molecule has 1 aromatic rings. The van der Waals surface area contributed by atoms with Crippen LogP contribution in [-0.4, -0.2) is 54.5 Å². The number of guanidine groups is 1. The first-order valence-corrected chi connectivity index (χ1v) is 9.82. The van der Waals surface area contributed by atoms with Crippen molar-refractivity contribution in [2.75, 3.05) is 32.7 Å². The summed E-state index contributed by atoms with van der Waals surface area (Å²) >= 11 is 0. The summed E-state index contributed by atoms with van der Waals surface area (Å²) in [5, 5.41) is 3.30. The highest BCUT2D eigenvalue weighted by Crippen LogP contribution is 2.15. The number of nitrogens with two attached hydrogens (primary N) is 1. The summed E-state index contributed by atoms with van der Waals surface area (Å²) in [7, 11) is 0. The molecule has 1 aromatic carbocycles. The molecule has 5 nitrogen and oxygen atoms in total. The summed E-state index contributed by atoms with van der Waals surface area (Å²) in [6, 6.07) is 9.41. The minimum absolute atomic E-state index is 0.559. The summed E-state index contributed by atoms with van der Waals surface area (Å²) < 4.78 is 0. The standard InChI is InChI=1S/C20H33N5/c1-2-25-13-5-6-19(25)15-23-20(21)22-14-17-7-9-18(10-8-17)16-24-11-3-4-12-24/h7-10,19H,2-6,11-16H2,1H3,(H3,21,22,23). The number of benzene rings is 1. The normalized spacial score (nSPS) is 22.6. The van der Waals surface area contributed by atoms with Gasteiger partial charge in [0.1, 0.15) is 0 Å². The van der Waals surface area contributed by atoms with Gasteiger partial charge in [0, 0.05) is 19.1 Å². The number of hydrogen-bond acceptors (Lipinski definition) is 3. The van der Waals surface area contributed by atoms with Gasteiger partial charge in [0.05, 0.1) is 6.54 Å². The van der Waals surface area contributed by atoms with Crippen molar-refractivity contribution >= 4 is 5.96 Å². The Balaban J connectivity index is 1.42. The third kappa shape index (κ3) is 5.44. The van der Waals surface area contributed by atoms with E-state index in [0.717, 1.165) is 19.6 Å². The quantitative estimate of drug-likeness (QED) is 0.588. The van der Waals surface area contributed by atoms with Gasteiger partial charge in [0.2, 0.25) is 0 Å². The van der Waals surface area contributed by atoms with Crippen LogP contribution in [0.2, 0.25) is 0 Å². The van der Waals surface area contributed by atoms with Crippen LogP contribution in [0.25, 0.3) is 0 Å². The lowest BCUT2D eigenvalue weighted by molar-refractivity contribution is 0.267. The van der Waals surface area contributed by atoms with Crippen molar-refractivity contribution in [3.05, 3.63) is 35.4 Å². The van der Waals surface area contributed by atoms with Crippen LogP contribution in [0.15, 0.2) is 29.3 Å².